The van der Waals surface area contributed by atoms with Gasteiger partial charge in [0.1, 0.15) is 0 Å². The highest BCUT2D eigenvalue weighted by Crippen LogP contribution is 2.38. The van der Waals surface area contributed by atoms with E-state index in [0.29, 0.717) is 0 Å². The molecule has 0 atom stereocenters. The largest absolute Gasteiger partial charge is 0.353 e. The van der Waals surface area contributed by atoms with E-state index in [-0.39, 0.29) is 0 Å². The van der Waals surface area contributed by atoms with Gasteiger partial charge in [0.05, 0.1) is 11.0 Å². The average Bonchev–Trinajstić information content (AvgIpc) is 3.19. The number of nitrogens with one attached hydrogen (secondary N) is 2. The van der Waals surface area contributed by atoms with Gasteiger partial charge in [0.25, 0.3) is 0 Å². The monoisotopic (exact) mass is 334 g/mol. The van der Waals surface area contributed by atoms with Crippen molar-refractivity contribution < 1.29 is 0 Å². The first-order valence-electron chi connectivity index (χ1n) is 9.05. The zero-order valence-electron chi connectivity index (χ0n) is 14.8. The molecule has 2 heteroatoms. The Morgan fingerprint density at radius 3 is 2.15 bits per heavy atom. The molecule has 2 nitrogen and oxygen atoms in total. The SMILES string of the molecule is Cc1ccc2c(c1)[nH]c1c2ccc2c1[nH]c1cc(C)c3ccccc3c12. The highest BCUT2D eigenvalue weighted by Gasteiger charge is 2.14. The lowest BCUT2D eigenvalue weighted by Gasteiger charge is -2.04. The zero-order chi connectivity index (χ0) is 17.4. The van der Waals surface area contributed by atoms with Gasteiger partial charge in [0.2, 0.25) is 0 Å². The molecule has 26 heavy (non-hydrogen) atoms. The van der Waals surface area contributed by atoms with Crippen molar-refractivity contribution in [1.82, 2.24) is 9.97 Å². The average molecular weight is 334 g/mol. The van der Waals surface area contributed by atoms with Crippen LogP contribution in [0.3, 0.4) is 0 Å². The zero-order valence-corrected chi connectivity index (χ0v) is 14.8. The van der Waals surface area contributed by atoms with Crippen LogP contribution in [-0.4, -0.2) is 9.97 Å². The standard InChI is InChI=1S/C24H18N2/c1-13-7-8-16-18-9-10-19-22-17-6-4-3-5-15(17)14(2)12-21(22)26-24(19)23(18)25-20(16)11-13/h3-12,25-26H,1-2H3. The van der Waals surface area contributed by atoms with Crippen LogP contribution in [-0.2, 0) is 0 Å². The van der Waals surface area contributed by atoms with E-state index in [0.717, 1.165) is 0 Å². The van der Waals surface area contributed by atoms with Gasteiger partial charge in [-0.25, -0.2) is 0 Å². The van der Waals surface area contributed by atoms with Crippen molar-refractivity contribution in [2.75, 3.05) is 0 Å². The van der Waals surface area contributed by atoms with Crippen LogP contribution in [0.4, 0.5) is 0 Å². The fraction of sp³-hybridized carbons (Fsp3) is 0.0833. The van der Waals surface area contributed by atoms with Crippen molar-refractivity contribution >= 4 is 54.4 Å². The quantitative estimate of drug-likeness (QED) is 0.309. The van der Waals surface area contributed by atoms with E-state index in [1.807, 2.05) is 0 Å². The molecule has 0 saturated carbocycles. The van der Waals surface area contributed by atoms with E-state index in [9.17, 15) is 0 Å². The van der Waals surface area contributed by atoms with E-state index >= 15 is 0 Å². The number of aromatic amines is 2. The Morgan fingerprint density at radius 2 is 1.27 bits per heavy atom. The van der Waals surface area contributed by atoms with Crippen LogP contribution in [0.15, 0.2) is 60.7 Å². The van der Waals surface area contributed by atoms with Crippen molar-refractivity contribution in [2.45, 2.75) is 13.8 Å². The molecule has 2 N–H and O–H groups in total. The molecule has 0 fully saturated rings. The lowest BCUT2D eigenvalue weighted by Crippen LogP contribution is -1.79. The maximum atomic E-state index is 3.70. The summed E-state index contributed by atoms with van der Waals surface area (Å²) in [6.45, 7) is 4.33. The van der Waals surface area contributed by atoms with Crippen molar-refractivity contribution in [3.05, 3.63) is 71.8 Å². The first-order valence-corrected chi connectivity index (χ1v) is 9.05. The molecule has 0 bridgehead atoms. The first kappa shape index (κ1) is 14.0. The second kappa shape index (κ2) is 4.67. The highest BCUT2D eigenvalue weighted by molar-refractivity contribution is 6.27. The van der Waals surface area contributed by atoms with Crippen LogP contribution in [0.25, 0.3) is 54.4 Å². The van der Waals surface area contributed by atoms with Gasteiger partial charge in [-0.1, -0.05) is 48.5 Å². The number of fused-ring (bicyclic) bond motifs is 9. The normalized spacial score (nSPS) is 12.2. The fourth-order valence-electron chi connectivity index (χ4n) is 4.51. The van der Waals surface area contributed by atoms with Gasteiger partial charge in [0, 0.05) is 32.6 Å². The molecule has 0 radical (unpaired) electrons. The summed E-state index contributed by atoms with van der Waals surface area (Å²) in [5, 5.41) is 7.81. The molecule has 6 aromatic rings. The van der Waals surface area contributed by atoms with Crippen LogP contribution in [0.5, 0.6) is 0 Å². The molecule has 0 aliphatic carbocycles. The minimum atomic E-state index is 1.20. The summed E-state index contributed by atoms with van der Waals surface area (Å²) in [6, 6.07) is 22.1. The van der Waals surface area contributed by atoms with Gasteiger partial charge in [-0.05, 0) is 47.9 Å². The maximum absolute atomic E-state index is 3.70. The number of rotatable bonds is 0. The summed E-state index contributed by atoms with van der Waals surface area (Å²) >= 11 is 0. The number of H-pyrrole nitrogens is 2. The number of hydrogen-bond donors (Lipinski definition) is 2. The number of hydrogen-bond acceptors (Lipinski definition) is 0. The molecule has 0 spiro atoms. The Morgan fingerprint density at radius 1 is 0.577 bits per heavy atom. The Kier molecular flexibility index (Phi) is 2.51. The molecule has 2 aromatic heterocycles. The van der Waals surface area contributed by atoms with Crippen molar-refractivity contribution in [3.8, 4) is 0 Å². The molecule has 6 rings (SSSR count). The Balaban J connectivity index is 1.87. The summed E-state index contributed by atoms with van der Waals surface area (Å²) in [5.74, 6) is 0. The summed E-state index contributed by atoms with van der Waals surface area (Å²) in [7, 11) is 0. The van der Waals surface area contributed by atoms with Crippen molar-refractivity contribution in [3.63, 3.8) is 0 Å². The first-order chi connectivity index (χ1) is 12.7. The molecule has 0 aliphatic heterocycles. The van der Waals surface area contributed by atoms with E-state index in [2.05, 4.69) is 84.5 Å². The lowest BCUT2D eigenvalue weighted by atomic mass is 9.99. The maximum Gasteiger partial charge on any atom is 0.0710 e. The Bertz CT molecular complexity index is 1500. The third kappa shape index (κ3) is 1.66. The van der Waals surface area contributed by atoms with Crippen LogP contribution >= 0.6 is 0 Å². The van der Waals surface area contributed by atoms with Crippen LogP contribution in [0, 0.1) is 13.8 Å². The predicted octanol–water partition coefficient (Wildman–Crippen LogP) is 6.73. The third-order valence-electron chi connectivity index (χ3n) is 5.71. The molecule has 0 amide bonds. The van der Waals surface area contributed by atoms with Gasteiger partial charge in [-0.15, -0.1) is 0 Å². The van der Waals surface area contributed by atoms with Crippen LogP contribution < -0.4 is 0 Å². The minimum absolute atomic E-state index is 1.20. The van der Waals surface area contributed by atoms with Gasteiger partial charge >= 0.3 is 0 Å². The molecule has 0 unspecified atom stereocenters. The molecule has 2 heterocycles. The second-order valence-corrected chi connectivity index (χ2v) is 7.37. The second-order valence-electron chi connectivity index (χ2n) is 7.37. The number of aromatic nitrogens is 2. The number of benzene rings is 4. The molecule has 4 aromatic carbocycles. The summed E-state index contributed by atoms with van der Waals surface area (Å²) in [6.07, 6.45) is 0. The van der Waals surface area contributed by atoms with E-state index < -0.39 is 0 Å². The predicted molar refractivity (Wildman–Crippen MR) is 112 cm³/mol. The molecule has 0 aliphatic rings. The molecular weight excluding hydrogens is 316 g/mol. The molecule has 0 saturated heterocycles. The summed E-state index contributed by atoms with van der Waals surface area (Å²) < 4.78 is 0. The topological polar surface area (TPSA) is 31.6 Å². The fourth-order valence-corrected chi connectivity index (χ4v) is 4.51. The van der Waals surface area contributed by atoms with E-state index in [4.69, 9.17) is 0 Å². The van der Waals surface area contributed by atoms with Gasteiger partial charge in [-0.2, -0.15) is 0 Å². The van der Waals surface area contributed by atoms with Gasteiger partial charge < -0.3 is 9.97 Å². The number of aryl methyl sites for hydroxylation is 2. The highest BCUT2D eigenvalue weighted by atomic mass is 14.8. The molecule has 124 valence electrons. The Hall–Kier alpha value is -3.26. The van der Waals surface area contributed by atoms with Crippen molar-refractivity contribution in [1.29, 1.82) is 0 Å². The summed E-state index contributed by atoms with van der Waals surface area (Å²) in [4.78, 5) is 7.35. The summed E-state index contributed by atoms with van der Waals surface area (Å²) in [5.41, 5.74) is 7.38. The van der Waals surface area contributed by atoms with Crippen LogP contribution in [0.2, 0.25) is 0 Å². The van der Waals surface area contributed by atoms with E-state index in [1.54, 1.807) is 0 Å². The van der Waals surface area contributed by atoms with Crippen LogP contribution in [0.1, 0.15) is 11.1 Å². The lowest BCUT2D eigenvalue weighted by molar-refractivity contribution is 1.46. The third-order valence-corrected chi connectivity index (χ3v) is 5.71. The smallest absolute Gasteiger partial charge is 0.0710 e. The van der Waals surface area contributed by atoms with Crippen molar-refractivity contribution in [2.24, 2.45) is 0 Å². The minimum Gasteiger partial charge on any atom is -0.353 e. The molecular formula is C24H18N2. The van der Waals surface area contributed by atoms with Gasteiger partial charge in [-0.3, -0.25) is 0 Å². The van der Waals surface area contributed by atoms with Gasteiger partial charge in [0.15, 0.2) is 0 Å². The Labute approximate surface area is 150 Å². The van der Waals surface area contributed by atoms with E-state index in [1.165, 1.54) is 65.5 Å².